The van der Waals surface area contributed by atoms with Crippen LogP contribution in [0.15, 0.2) is 72.9 Å². The second kappa shape index (κ2) is 8.31. The average Bonchev–Trinajstić information content (AvgIpc) is 2.67. The summed E-state index contributed by atoms with van der Waals surface area (Å²) in [5.41, 5.74) is 3.93. The molecule has 2 aromatic carbocycles. The van der Waals surface area contributed by atoms with Crippen molar-refractivity contribution in [2.75, 3.05) is 5.32 Å². The average molecular weight is 334 g/mol. The molecule has 0 spiro atoms. The third kappa shape index (κ3) is 4.81. The quantitative estimate of drug-likeness (QED) is 0.675. The van der Waals surface area contributed by atoms with Crippen LogP contribution in [0.1, 0.15) is 29.8 Å². The van der Waals surface area contributed by atoms with Gasteiger partial charge < -0.3 is 15.2 Å². The van der Waals surface area contributed by atoms with Crippen LogP contribution in [0.2, 0.25) is 0 Å². The molecule has 4 heteroatoms. The van der Waals surface area contributed by atoms with Crippen LogP contribution >= 0.6 is 0 Å². The molecular formula is C21H22N2O2. The highest BCUT2D eigenvalue weighted by atomic mass is 16.5. The number of benzene rings is 2. The highest BCUT2D eigenvalue weighted by Gasteiger charge is 2.07. The van der Waals surface area contributed by atoms with E-state index < -0.39 is 0 Å². The minimum absolute atomic E-state index is 0.0530. The lowest BCUT2D eigenvalue weighted by Gasteiger charge is -2.17. The van der Waals surface area contributed by atoms with Crippen LogP contribution in [0.3, 0.4) is 0 Å². The number of hydrogen-bond donors (Lipinski definition) is 2. The molecule has 1 atom stereocenters. The van der Waals surface area contributed by atoms with E-state index in [1.165, 1.54) is 0 Å². The molecule has 1 heterocycles. The minimum atomic E-state index is 0.0530. The van der Waals surface area contributed by atoms with Gasteiger partial charge in [-0.2, -0.15) is 0 Å². The number of rotatable bonds is 7. The zero-order valence-electron chi connectivity index (χ0n) is 14.2. The maximum Gasteiger partial charge on any atom is 0.130 e. The molecule has 0 aliphatic heterocycles. The lowest BCUT2D eigenvalue weighted by atomic mass is 10.1. The van der Waals surface area contributed by atoms with Gasteiger partial charge in [0.2, 0.25) is 0 Å². The van der Waals surface area contributed by atoms with Crippen molar-refractivity contribution in [2.45, 2.75) is 26.2 Å². The second-order valence-corrected chi connectivity index (χ2v) is 5.91. The third-order valence-electron chi connectivity index (χ3n) is 3.96. The Morgan fingerprint density at radius 2 is 1.92 bits per heavy atom. The largest absolute Gasteiger partial charge is 0.487 e. The first-order chi connectivity index (χ1) is 12.2. The van der Waals surface area contributed by atoms with Crippen molar-refractivity contribution in [1.29, 1.82) is 0 Å². The van der Waals surface area contributed by atoms with E-state index in [4.69, 9.17) is 4.74 Å². The summed E-state index contributed by atoms with van der Waals surface area (Å²) in [6, 6.07) is 21.8. The summed E-state index contributed by atoms with van der Waals surface area (Å²) in [5.74, 6) is 0.798. The van der Waals surface area contributed by atoms with Gasteiger partial charge in [-0.3, -0.25) is 4.98 Å². The van der Waals surface area contributed by atoms with Crippen LogP contribution in [0.5, 0.6) is 5.75 Å². The number of nitrogens with zero attached hydrogens (tertiary/aromatic N) is 1. The molecule has 4 nitrogen and oxygen atoms in total. The van der Waals surface area contributed by atoms with Crippen molar-refractivity contribution >= 4 is 5.69 Å². The zero-order chi connectivity index (χ0) is 17.5. The molecule has 0 radical (unpaired) electrons. The summed E-state index contributed by atoms with van der Waals surface area (Å²) >= 11 is 0. The van der Waals surface area contributed by atoms with Crippen molar-refractivity contribution in [1.82, 2.24) is 4.98 Å². The van der Waals surface area contributed by atoms with Gasteiger partial charge in [0.25, 0.3) is 0 Å². The standard InChI is InChI=1S/C21H22N2O2/c1-16(18-7-4-6-17(12-18)14-24)23-19-9-5-10-21(13-19)25-15-20-8-2-3-11-22-20/h2-13,16,23-24H,14-15H2,1H3. The number of aliphatic hydroxyl groups excluding tert-OH is 1. The first-order valence-corrected chi connectivity index (χ1v) is 8.33. The van der Waals surface area contributed by atoms with Gasteiger partial charge in [-0.15, -0.1) is 0 Å². The van der Waals surface area contributed by atoms with E-state index in [2.05, 4.69) is 23.3 Å². The highest BCUT2D eigenvalue weighted by Crippen LogP contribution is 2.24. The number of ether oxygens (including phenoxy) is 1. The molecule has 2 N–H and O–H groups in total. The third-order valence-corrected chi connectivity index (χ3v) is 3.96. The molecule has 3 aromatic rings. The number of anilines is 1. The monoisotopic (exact) mass is 334 g/mol. The molecule has 25 heavy (non-hydrogen) atoms. The minimum Gasteiger partial charge on any atom is -0.487 e. The summed E-state index contributed by atoms with van der Waals surface area (Å²) in [6.07, 6.45) is 1.76. The Balaban J connectivity index is 1.64. The van der Waals surface area contributed by atoms with Crippen LogP contribution in [0, 0.1) is 0 Å². The Morgan fingerprint density at radius 3 is 2.72 bits per heavy atom. The first kappa shape index (κ1) is 17.0. The molecule has 1 aromatic heterocycles. The number of nitrogens with one attached hydrogen (secondary N) is 1. The van der Waals surface area contributed by atoms with E-state index in [0.717, 1.165) is 28.3 Å². The van der Waals surface area contributed by atoms with E-state index >= 15 is 0 Å². The van der Waals surface area contributed by atoms with Gasteiger partial charge >= 0.3 is 0 Å². The first-order valence-electron chi connectivity index (χ1n) is 8.33. The molecule has 128 valence electrons. The molecule has 0 saturated carbocycles. The van der Waals surface area contributed by atoms with Crippen molar-refractivity contribution in [2.24, 2.45) is 0 Å². The Morgan fingerprint density at radius 1 is 1.04 bits per heavy atom. The summed E-state index contributed by atoms with van der Waals surface area (Å²) < 4.78 is 5.82. The SMILES string of the molecule is CC(Nc1cccc(OCc2ccccn2)c1)c1cccc(CO)c1. The lowest BCUT2D eigenvalue weighted by molar-refractivity contribution is 0.281. The van der Waals surface area contributed by atoms with Gasteiger partial charge in [0.15, 0.2) is 0 Å². The van der Waals surface area contributed by atoms with E-state index in [1.807, 2.05) is 60.7 Å². The van der Waals surface area contributed by atoms with Crippen LogP contribution in [-0.2, 0) is 13.2 Å². The fourth-order valence-electron chi connectivity index (χ4n) is 2.61. The summed E-state index contributed by atoms with van der Waals surface area (Å²) in [6.45, 7) is 2.59. The maximum atomic E-state index is 9.28. The van der Waals surface area contributed by atoms with E-state index in [-0.39, 0.29) is 12.6 Å². The van der Waals surface area contributed by atoms with Gasteiger partial charge in [-0.1, -0.05) is 36.4 Å². The molecular weight excluding hydrogens is 312 g/mol. The molecule has 0 aliphatic rings. The number of aromatic nitrogens is 1. The van der Waals surface area contributed by atoms with E-state index in [0.29, 0.717) is 6.61 Å². The van der Waals surface area contributed by atoms with Crippen LogP contribution in [0.25, 0.3) is 0 Å². The maximum absolute atomic E-state index is 9.28. The molecule has 0 aliphatic carbocycles. The molecule has 0 fully saturated rings. The molecule has 1 unspecified atom stereocenters. The number of hydrogen-bond acceptors (Lipinski definition) is 4. The van der Waals surface area contributed by atoms with Crippen molar-refractivity contribution in [3.63, 3.8) is 0 Å². The van der Waals surface area contributed by atoms with E-state index in [9.17, 15) is 5.11 Å². The van der Waals surface area contributed by atoms with Crippen molar-refractivity contribution in [3.8, 4) is 5.75 Å². The molecule has 0 amide bonds. The van der Waals surface area contributed by atoms with Crippen LogP contribution in [-0.4, -0.2) is 10.1 Å². The summed E-state index contributed by atoms with van der Waals surface area (Å²) in [7, 11) is 0. The normalized spacial score (nSPS) is 11.8. The molecule has 3 rings (SSSR count). The second-order valence-electron chi connectivity index (χ2n) is 5.91. The Bertz CT molecular complexity index is 806. The van der Waals surface area contributed by atoms with Crippen molar-refractivity contribution < 1.29 is 9.84 Å². The summed E-state index contributed by atoms with van der Waals surface area (Å²) in [5, 5.41) is 12.8. The Hall–Kier alpha value is -2.85. The number of pyridine rings is 1. The number of aliphatic hydroxyl groups is 1. The predicted molar refractivity (Wildman–Crippen MR) is 99.4 cm³/mol. The van der Waals surface area contributed by atoms with Crippen molar-refractivity contribution in [3.05, 3.63) is 89.7 Å². The molecule has 0 bridgehead atoms. The van der Waals surface area contributed by atoms with Crippen LogP contribution in [0.4, 0.5) is 5.69 Å². The van der Waals surface area contributed by atoms with E-state index in [1.54, 1.807) is 6.20 Å². The van der Waals surface area contributed by atoms with Gasteiger partial charge in [-0.05, 0) is 42.3 Å². The Kier molecular flexibility index (Phi) is 5.65. The van der Waals surface area contributed by atoms with Gasteiger partial charge in [0.05, 0.1) is 12.3 Å². The Labute approximate surface area is 148 Å². The van der Waals surface area contributed by atoms with Crippen LogP contribution < -0.4 is 10.1 Å². The lowest BCUT2D eigenvalue weighted by Crippen LogP contribution is -2.07. The predicted octanol–water partition coefficient (Wildman–Crippen LogP) is 4.33. The highest BCUT2D eigenvalue weighted by molar-refractivity contribution is 5.50. The summed E-state index contributed by atoms with van der Waals surface area (Å²) in [4.78, 5) is 4.26. The fourth-order valence-corrected chi connectivity index (χ4v) is 2.61. The van der Waals surface area contributed by atoms with Gasteiger partial charge in [-0.25, -0.2) is 0 Å². The smallest absolute Gasteiger partial charge is 0.130 e. The topological polar surface area (TPSA) is 54.4 Å². The fraction of sp³-hybridized carbons (Fsp3) is 0.190. The molecule has 0 saturated heterocycles. The van der Waals surface area contributed by atoms with Gasteiger partial charge in [0.1, 0.15) is 12.4 Å². The zero-order valence-corrected chi connectivity index (χ0v) is 14.2. The van der Waals surface area contributed by atoms with Gasteiger partial charge in [0, 0.05) is 24.0 Å².